The lowest BCUT2D eigenvalue weighted by atomic mass is 10.2. The van der Waals surface area contributed by atoms with E-state index in [4.69, 9.17) is 9.15 Å². The number of ether oxygens (including phenoxy) is 1. The summed E-state index contributed by atoms with van der Waals surface area (Å²) in [6.45, 7) is 1.04. The number of furan rings is 1. The molecular weight excluding hydrogens is 411 g/mol. The SMILES string of the molecule is O=C(NC[C@@H]1CCCO1)/C(=C/c1ccc(-c2ccc(F)cc2)o1)NC(=O)c1ccccc1. The van der Waals surface area contributed by atoms with Crippen LogP contribution in [0.3, 0.4) is 0 Å². The van der Waals surface area contributed by atoms with Crippen molar-refractivity contribution >= 4 is 17.9 Å². The summed E-state index contributed by atoms with van der Waals surface area (Å²) in [4.78, 5) is 25.5. The van der Waals surface area contributed by atoms with E-state index >= 15 is 0 Å². The predicted octanol–water partition coefficient (Wildman–Crippen LogP) is 4.15. The van der Waals surface area contributed by atoms with E-state index in [-0.39, 0.29) is 17.6 Å². The summed E-state index contributed by atoms with van der Waals surface area (Å²) < 4.78 is 24.5. The van der Waals surface area contributed by atoms with Gasteiger partial charge in [-0.3, -0.25) is 9.59 Å². The van der Waals surface area contributed by atoms with Gasteiger partial charge >= 0.3 is 0 Å². The molecular formula is C25H23FN2O4. The van der Waals surface area contributed by atoms with Crippen molar-refractivity contribution in [3.8, 4) is 11.3 Å². The third kappa shape index (κ3) is 5.50. The van der Waals surface area contributed by atoms with Gasteiger partial charge in [-0.15, -0.1) is 0 Å². The molecule has 0 aliphatic carbocycles. The Kier molecular flexibility index (Phi) is 6.77. The van der Waals surface area contributed by atoms with Gasteiger partial charge in [-0.05, 0) is 61.4 Å². The van der Waals surface area contributed by atoms with Crippen LogP contribution in [0.25, 0.3) is 17.4 Å². The molecule has 0 spiro atoms. The lowest BCUT2D eigenvalue weighted by Crippen LogP contribution is -2.38. The number of halogens is 1. The molecule has 1 aliphatic heterocycles. The minimum absolute atomic E-state index is 0.0290. The topological polar surface area (TPSA) is 80.6 Å². The zero-order valence-electron chi connectivity index (χ0n) is 17.3. The van der Waals surface area contributed by atoms with Gasteiger partial charge in [-0.1, -0.05) is 18.2 Å². The predicted molar refractivity (Wildman–Crippen MR) is 118 cm³/mol. The fraction of sp³-hybridized carbons (Fsp3) is 0.200. The quantitative estimate of drug-likeness (QED) is 0.548. The first-order valence-electron chi connectivity index (χ1n) is 10.4. The summed E-state index contributed by atoms with van der Waals surface area (Å²) >= 11 is 0. The van der Waals surface area contributed by atoms with Crippen LogP contribution in [-0.4, -0.2) is 31.1 Å². The van der Waals surface area contributed by atoms with E-state index in [1.165, 1.54) is 18.2 Å². The Bertz CT molecular complexity index is 1100. The van der Waals surface area contributed by atoms with Crippen molar-refractivity contribution in [1.29, 1.82) is 0 Å². The molecule has 1 saturated heterocycles. The second-order valence-electron chi connectivity index (χ2n) is 7.43. The molecule has 1 aliphatic rings. The Hall–Kier alpha value is -3.71. The molecule has 4 rings (SSSR count). The third-order valence-electron chi connectivity index (χ3n) is 5.09. The fourth-order valence-corrected chi connectivity index (χ4v) is 3.39. The number of amides is 2. The van der Waals surface area contributed by atoms with Crippen molar-refractivity contribution in [2.45, 2.75) is 18.9 Å². The number of hydrogen-bond acceptors (Lipinski definition) is 4. The molecule has 2 aromatic carbocycles. The highest BCUT2D eigenvalue weighted by Gasteiger charge is 2.20. The Morgan fingerprint density at radius 1 is 1.03 bits per heavy atom. The van der Waals surface area contributed by atoms with E-state index in [2.05, 4.69) is 10.6 Å². The highest BCUT2D eigenvalue weighted by molar-refractivity contribution is 6.05. The van der Waals surface area contributed by atoms with Crippen LogP contribution in [0.2, 0.25) is 0 Å². The average Bonchev–Trinajstić information content (AvgIpc) is 3.50. The molecule has 7 heteroatoms. The number of benzene rings is 2. The normalized spacial score (nSPS) is 16.0. The van der Waals surface area contributed by atoms with Gasteiger partial charge in [0.05, 0.1) is 6.10 Å². The van der Waals surface area contributed by atoms with E-state index in [0.29, 0.717) is 35.8 Å². The standard InChI is InChI=1S/C25H23FN2O4/c26-19-10-8-17(9-11-19)23-13-12-20(32-23)15-22(25(30)27-16-21-7-4-14-31-21)28-24(29)18-5-2-1-3-6-18/h1-3,5-6,8-13,15,21H,4,7,14,16H2,(H,27,30)(H,28,29)/b22-15-/t21-/m0/s1. The van der Waals surface area contributed by atoms with E-state index in [0.717, 1.165) is 12.8 Å². The molecule has 6 nitrogen and oxygen atoms in total. The molecule has 1 aromatic heterocycles. The molecule has 0 radical (unpaired) electrons. The Labute approximate surface area is 185 Å². The van der Waals surface area contributed by atoms with Crippen molar-refractivity contribution in [3.05, 3.63) is 89.6 Å². The number of rotatable bonds is 7. The van der Waals surface area contributed by atoms with Crippen molar-refractivity contribution in [1.82, 2.24) is 10.6 Å². The van der Waals surface area contributed by atoms with Gasteiger partial charge in [-0.2, -0.15) is 0 Å². The van der Waals surface area contributed by atoms with Gasteiger partial charge in [-0.25, -0.2) is 4.39 Å². The summed E-state index contributed by atoms with van der Waals surface area (Å²) in [6, 6.07) is 17.9. The maximum Gasteiger partial charge on any atom is 0.268 e. The van der Waals surface area contributed by atoms with Crippen LogP contribution in [0.15, 0.2) is 76.8 Å². The number of carbonyl (C=O) groups is 2. The lowest BCUT2D eigenvalue weighted by Gasteiger charge is -2.13. The summed E-state index contributed by atoms with van der Waals surface area (Å²) in [5.74, 6) is -0.294. The maximum absolute atomic E-state index is 13.2. The lowest BCUT2D eigenvalue weighted by molar-refractivity contribution is -0.118. The minimum Gasteiger partial charge on any atom is -0.457 e. The number of carbonyl (C=O) groups excluding carboxylic acids is 2. The Morgan fingerprint density at radius 2 is 1.81 bits per heavy atom. The first-order chi connectivity index (χ1) is 15.6. The van der Waals surface area contributed by atoms with E-state index in [1.54, 1.807) is 48.5 Å². The van der Waals surface area contributed by atoms with Crippen molar-refractivity contribution in [2.24, 2.45) is 0 Å². The van der Waals surface area contributed by atoms with E-state index in [1.807, 2.05) is 6.07 Å². The van der Waals surface area contributed by atoms with Crippen LogP contribution in [0.4, 0.5) is 4.39 Å². The summed E-state index contributed by atoms with van der Waals surface area (Å²) in [5.41, 5.74) is 1.18. The van der Waals surface area contributed by atoms with Crippen molar-refractivity contribution in [3.63, 3.8) is 0 Å². The minimum atomic E-state index is -0.440. The van der Waals surface area contributed by atoms with Crippen LogP contribution in [0.1, 0.15) is 29.0 Å². The highest BCUT2D eigenvalue weighted by Crippen LogP contribution is 2.23. The fourth-order valence-electron chi connectivity index (χ4n) is 3.39. The molecule has 0 bridgehead atoms. The number of nitrogens with one attached hydrogen (secondary N) is 2. The Balaban J connectivity index is 1.54. The van der Waals surface area contributed by atoms with E-state index in [9.17, 15) is 14.0 Å². The van der Waals surface area contributed by atoms with Gasteiger partial charge in [0.1, 0.15) is 23.0 Å². The summed E-state index contributed by atoms with van der Waals surface area (Å²) in [6.07, 6.45) is 3.29. The van der Waals surface area contributed by atoms with Crippen molar-refractivity contribution < 1.29 is 23.1 Å². The van der Waals surface area contributed by atoms with Gasteiger partial charge in [0.25, 0.3) is 11.8 Å². The first-order valence-corrected chi connectivity index (χ1v) is 10.4. The first kappa shape index (κ1) is 21.5. The van der Waals surface area contributed by atoms with Crippen molar-refractivity contribution in [2.75, 3.05) is 13.2 Å². The molecule has 3 aromatic rings. The molecule has 1 fully saturated rings. The molecule has 0 saturated carbocycles. The van der Waals surface area contributed by atoms with Crippen LogP contribution in [-0.2, 0) is 9.53 Å². The smallest absolute Gasteiger partial charge is 0.268 e. The summed E-state index contributed by atoms with van der Waals surface area (Å²) in [5, 5.41) is 5.49. The Morgan fingerprint density at radius 3 is 2.53 bits per heavy atom. The van der Waals surface area contributed by atoms with Crippen LogP contribution in [0, 0.1) is 5.82 Å². The molecule has 0 unspecified atom stereocenters. The second kappa shape index (κ2) is 10.1. The highest BCUT2D eigenvalue weighted by atomic mass is 19.1. The summed E-state index contributed by atoms with van der Waals surface area (Å²) in [7, 11) is 0. The zero-order chi connectivity index (χ0) is 22.3. The molecule has 164 valence electrons. The molecule has 32 heavy (non-hydrogen) atoms. The zero-order valence-corrected chi connectivity index (χ0v) is 17.3. The third-order valence-corrected chi connectivity index (χ3v) is 5.09. The molecule has 2 amide bonds. The van der Waals surface area contributed by atoms with Gasteiger partial charge in [0.15, 0.2) is 0 Å². The van der Waals surface area contributed by atoms with Gasteiger partial charge in [0, 0.05) is 30.4 Å². The van der Waals surface area contributed by atoms with Crippen LogP contribution < -0.4 is 10.6 Å². The van der Waals surface area contributed by atoms with E-state index < -0.39 is 11.8 Å². The van der Waals surface area contributed by atoms with Gasteiger partial charge in [0.2, 0.25) is 0 Å². The van der Waals surface area contributed by atoms with Gasteiger partial charge < -0.3 is 19.8 Å². The second-order valence-corrected chi connectivity index (χ2v) is 7.43. The average molecular weight is 434 g/mol. The molecule has 1 atom stereocenters. The molecule has 2 N–H and O–H groups in total. The monoisotopic (exact) mass is 434 g/mol. The number of hydrogen-bond donors (Lipinski definition) is 2. The largest absolute Gasteiger partial charge is 0.457 e. The van der Waals surface area contributed by atoms with Crippen LogP contribution in [0.5, 0.6) is 0 Å². The molecule has 2 heterocycles. The maximum atomic E-state index is 13.2. The van der Waals surface area contributed by atoms with Crippen LogP contribution >= 0.6 is 0 Å².